The number of pyridine rings is 1. The molecule has 28 heavy (non-hydrogen) atoms. The van der Waals surface area contributed by atoms with Gasteiger partial charge in [-0.05, 0) is 61.1 Å². The molecular weight excluding hydrogens is 338 g/mol. The van der Waals surface area contributed by atoms with Crippen LogP contribution in [0.3, 0.4) is 0 Å². The molecule has 3 rings (SSSR count). The minimum Gasteiger partial charge on any atom is -0.256 e. The van der Waals surface area contributed by atoms with Crippen molar-refractivity contribution in [3.05, 3.63) is 53.7 Å². The molecule has 1 aliphatic carbocycles. The van der Waals surface area contributed by atoms with Gasteiger partial charge in [-0.15, -0.1) is 0 Å². The van der Waals surface area contributed by atoms with Gasteiger partial charge in [-0.1, -0.05) is 89.1 Å². The first-order chi connectivity index (χ1) is 13.8. The van der Waals surface area contributed by atoms with Gasteiger partial charge in [0.15, 0.2) is 0 Å². The third-order valence-corrected chi connectivity index (χ3v) is 6.70. The zero-order chi connectivity index (χ0) is 19.6. The molecule has 2 aromatic rings. The van der Waals surface area contributed by atoms with Gasteiger partial charge in [0.25, 0.3) is 0 Å². The summed E-state index contributed by atoms with van der Waals surface area (Å²) in [6.45, 7) is 4.62. The summed E-state index contributed by atoms with van der Waals surface area (Å²) in [6.07, 6.45) is 18.3. The first-order valence-electron chi connectivity index (χ1n) is 11.8. The second kappa shape index (κ2) is 11.4. The lowest BCUT2D eigenvalue weighted by Crippen LogP contribution is -2.15. The largest absolute Gasteiger partial charge is 0.256 e. The van der Waals surface area contributed by atoms with E-state index >= 15 is 0 Å². The van der Waals surface area contributed by atoms with E-state index in [9.17, 15) is 0 Å². The number of rotatable bonds is 10. The van der Waals surface area contributed by atoms with Gasteiger partial charge >= 0.3 is 0 Å². The Morgan fingerprint density at radius 2 is 1.61 bits per heavy atom. The molecule has 0 saturated heterocycles. The highest BCUT2D eigenvalue weighted by molar-refractivity contribution is 5.59. The number of unbranched alkanes of at least 4 members (excludes halogenated alkanes) is 3. The molecule has 0 spiro atoms. The molecule has 2 atom stereocenters. The SMILES string of the molecule is CCCCCCc1ccc(-c2ccc(CCC3CCCC(CC)C3)cc2)nc1. The molecule has 1 aliphatic rings. The minimum atomic E-state index is 0.949. The Morgan fingerprint density at radius 1 is 0.821 bits per heavy atom. The monoisotopic (exact) mass is 377 g/mol. The predicted octanol–water partition coefficient (Wildman–Crippen LogP) is 8.02. The standard InChI is InChI=1S/C27H39N/c1-3-5-6-7-9-25-16-19-27(28-21-25)26-17-14-23(15-18-26)12-13-24-11-8-10-22(4-2)20-24/h14-19,21-22,24H,3-13,20H2,1-2H3. The average molecular weight is 378 g/mol. The van der Waals surface area contributed by atoms with Crippen LogP contribution in [0.1, 0.15) is 89.2 Å². The van der Waals surface area contributed by atoms with Crippen LogP contribution < -0.4 is 0 Å². The summed E-state index contributed by atoms with van der Waals surface area (Å²) in [4.78, 5) is 4.71. The van der Waals surface area contributed by atoms with E-state index in [1.165, 1.54) is 87.3 Å². The third kappa shape index (κ3) is 6.47. The van der Waals surface area contributed by atoms with Crippen molar-refractivity contribution in [1.82, 2.24) is 4.98 Å². The van der Waals surface area contributed by atoms with Crippen molar-refractivity contribution >= 4 is 0 Å². The Hall–Kier alpha value is -1.63. The van der Waals surface area contributed by atoms with Crippen molar-refractivity contribution in [1.29, 1.82) is 0 Å². The lowest BCUT2D eigenvalue weighted by molar-refractivity contribution is 0.250. The van der Waals surface area contributed by atoms with Crippen molar-refractivity contribution in [2.24, 2.45) is 11.8 Å². The van der Waals surface area contributed by atoms with Gasteiger partial charge in [0, 0.05) is 11.8 Å². The van der Waals surface area contributed by atoms with Crippen molar-refractivity contribution in [3.63, 3.8) is 0 Å². The van der Waals surface area contributed by atoms with Crippen molar-refractivity contribution in [2.75, 3.05) is 0 Å². The first kappa shape index (κ1) is 21.1. The zero-order valence-corrected chi connectivity index (χ0v) is 18.1. The van der Waals surface area contributed by atoms with Gasteiger partial charge in [-0.2, -0.15) is 0 Å². The van der Waals surface area contributed by atoms with Crippen LogP contribution in [0, 0.1) is 11.8 Å². The lowest BCUT2D eigenvalue weighted by atomic mass is 9.78. The van der Waals surface area contributed by atoms with E-state index in [2.05, 4.69) is 56.4 Å². The van der Waals surface area contributed by atoms with E-state index in [-0.39, 0.29) is 0 Å². The maximum Gasteiger partial charge on any atom is 0.0702 e. The molecule has 0 radical (unpaired) electrons. The third-order valence-electron chi connectivity index (χ3n) is 6.70. The molecular formula is C27H39N. The topological polar surface area (TPSA) is 12.9 Å². The van der Waals surface area contributed by atoms with E-state index in [1.54, 1.807) is 0 Å². The molecule has 1 heterocycles. The number of hydrogen-bond donors (Lipinski definition) is 0. The summed E-state index contributed by atoms with van der Waals surface area (Å²) in [5, 5.41) is 0. The van der Waals surface area contributed by atoms with Crippen molar-refractivity contribution < 1.29 is 0 Å². The van der Waals surface area contributed by atoms with Crippen LogP contribution in [-0.2, 0) is 12.8 Å². The quantitative estimate of drug-likeness (QED) is 0.382. The van der Waals surface area contributed by atoms with Crippen LogP contribution in [-0.4, -0.2) is 4.98 Å². The Labute approximate surface area is 173 Å². The van der Waals surface area contributed by atoms with Gasteiger partial charge in [-0.25, -0.2) is 0 Å². The highest BCUT2D eigenvalue weighted by Gasteiger charge is 2.20. The second-order valence-corrected chi connectivity index (χ2v) is 8.90. The fourth-order valence-electron chi connectivity index (χ4n) is 4.75. The van der Waals surface area contributed by atoms with Crippen molar-refractivity contribution in [3.8, 4) is 11.3 Å². The molecule has 1 aromatic carbocycles. The molecule has 0 N–H and O–H groups in total. The number of benzene rings is 1. The number of nitrogens with zero attached hydrogens (tertiary/aromatic N) is 1. The lowest BCUT2D eigenvalue weighted by Gasteiger charge is -2.28. The smallest absolute Gasteiger partial charge is 0.0702 e. The van der Waals surface area contributed by atoms with Crippen LogP contribution in [0.5, 0.6) is 0 Å². The number of aryl methyl sites for hydroxylation is 2. The summed E-state index contributed by atoms with van der Waals surface area (Å²) in [7, 11) is 0. The highest BCUT2D eigenvalue weighted by Crippen LogP contribution is 2.33. The molecule has 152 valence electrons. The molecule has 1 nitrogen and oxygen atoms in total. The molecule has 0 aliphatic heterocycles. The van der Waals surface area contributed by atoms with E-state index in [1.807, 2.05) is 0 Å². The summed E-state index contributed by atoms with van der Waals surface area (Å²) < 4.78 is 0. The second-order valence-electron chi connectivity index (χ2n) is 8.90. The summed E-state index contributed by atoms with van der Waals surface area (Å²) >= 11 is 0. The zero-order valence-electron chi connectivity index (χ0n) is 18.1. The van der Waals surface area contributed by atoms with Gasteiger partial charge in [0.2, 0.25) is 0 Å². The molecule has 1 saturated carbocycles. The maximum absolute atomic E-state index is 4.71. The molecule has 2 unspecified atom stereocenters. The van der Waals surface area contributed by atoms with Gasteiger partial charge in [-0.3, -0.25) is 4.98 Å². The molecule has 1 aromatic heterocycles. The predicted molar refractivity (Wildman–Crippen MR) is 122 cm³/mol. The normalized spacial score (nSPS) is 19.6. The van der Waals surface area contributed by atoms with Gasteiger partial charge in [0.05, 0.1) is 5.69 Å². The van der Waals surface area contributed by atoms with E-state index in [0.717, 1.165) is 24.0 Å². The molecule has 0 amide bonds. The van der Waals surface area contributed by atoms with Crippen LogP contribution in [0.15, 0.2) is 42.6 Å². The van der Waals surface area contributed by atoms with Gasteiger partial charge in [0.1, 0.15) is 0 Å². The Balaban J connectivity index is 1.48. The van der Waals surface area contributed by atoms with E-state index in [0.29, 0.717) is 0 Å². The fraction of sp³-hybridized carbons (Fsp3) is 0.593. The summed E-state index contributed by atoms with van der Waals surface area (Å²) in [6, 6.07) is 13.6. The van der Waals surface area contributed by atoms with E-state index in [4.69, 9.17) is 4.98 Å². The van der Waals surface area contributed by atoms with Crippen LogP contribution >= 0.6 is 0 Å². The number of hydrogen-bond acceptors (Lipinski definition) is 1. The Kier molecular flexibility index (Phi) is 8.58. The Morgan fingerprint density at radius 3 is 2.32 bits per heavy atom. The molecule has 0 bridgehead atoms. The average Bonchev–Trinajstić information content (AvgIpc) is 2.76. The fourth-order valence-corrected chi connectivity index (χ4v) is 4.75. The molecule has 1 fully saturated rings. The molecule has 1 heteroatoms. The van der Waals surface area contributed by atoms with Crippen LogP contribution in [0.4, 0.5) is 0 Å². The van der Waals surface area contributed by atoms with Crippen LogP contribution in [0.25, 0.3) is 11.3 Å². The minimum absolute atomic E-state index is 0.949. The first-order valence-corrected chi connectivity index (χ1v) is 11.8. The van der Waals surface area contributed by atoms with E-state index < -0.39 is 0 Å². The van der Waals surface area contributed by atoms with Crippen molar-refractivity contribution in [2.45, 2.75) is 90.9 Å². The highest BCUT2D eigenvalue weighted by atomic mass is 14.7. The maximum atomic E-state index is 4.71. The van der Waals surface area contributed by atoms with Crippen LogP contribution in [0.2, 0.25) is 0 Å². The number of aromatic nitrogens is 1. The van der Waals surface area contributed by atoms with Gasteiger partial charge < -0.3 is 0 Å². The Bertz CT molecular complexity index is 670. The summed E-state index contributed by atoms with van der Waals surface area (Å²) in [5.41, 5.74) is 5.19. The summed E-state index contributed by atoms with van der Waals surface area (Å²) in [5.74, 6) is 1.94.